The first-order valence-electron chi connectivity index (χ1n) is 5.82. The number of benzene rings is 2. The van der Waals surface area contributed by atoms with Crippen LogP contribution in [0.5, 0.6) is 0 Å². The van der Waals surface area contributed by atoms with Gasteiger partial charge in [-0.2, -0.15) is 0 Å². The van der Waals surface area contributed by atoms with Crippen molar-refractivity contribution < 1.29 is 26.7 Å². The monoisotopic (exact) mass is 316 g/mol. The molecule has 0 aliphatic rings. The van der Waals surface area contributed by atoms with Crippen LogP contribution in [0.25, 0.3) is 0 Å². The molecule has 1 atom stereocenters. The number of hydrogen-bond acceptors (Lipinski definition) is 3. The van der Waals surface area contributed by atoms with E-state index in [1.54, 1.807) is 0 Å². The van der Waals surface area contributed by atoms with Crippen molar-refractivity contribution in [1.82, 2.24) is 0 Å². The Balaban J connectivity index is 2.44. The second-order valence-corrected chi connectivity index (χ2v) is 6.54. The van der Waals surface area contributed by atoms with E-state index in [9.17, 15) is 26.7 Å². The summed E-state index contributed by atoms with van der Waals surface area (Å²) in [6.07, 6.45) is -0.656. The van der Waals surface area contributed by atoms with Crippen LogP contribution < -0.4 is 0 Å². The molecule has 0 saturated heterocycles. The molecule has 2 rings (SSSR count). The first-order chi connectivity index (χ1) is 9.70. The largest absolute Gasteiger partial charge is 0.383 e. The summed E-state index contributed by atoms with van der Waals surface area (Å²) in [6.45, 7) is 0. The number of halogens is 3. The predicted molar refractivity (Wildman–Crippen MR) is 69.9 cm³/mol. The molecular formula is C14H11F3O3S. The smallest absolute Gasteiger partial charge is 0.175 e. The molecule has 0 aromatic heterocycles. The van der Waals surface area contributed by atoms with Crippen LogP contribution in [0.4, 0.5) is 13.2 Å². The molecule has 0 aliphatic carbocycles. The Morgan fingerprint density at radius 3 is 1.90 bits per heavy atom. The number of aliphatic hydroxyl groups excluding tert-OH is 1. The average molecular weight is 316 g/mol. The van der Waals surface area contributed by atoms with Crippen LogP contribution in [0, 0.1) is 17.5 Å². The van der Waals surface area contributed by atoms with Gasteiger partial charge in [0.1, 0.15) is 23.6 Å². The third-order valence-corrected chi connectivity index (χ3v) is 4.07. The molecule has 0 bridgehead atoms. The van der Waals surface area contributed by atoms with Crippen LogP contribution in [-0.2, 0) is 9.84 Å². The molecule has 0 saturated carbocycles. The van der Waals surface area contributed by atoms with Crippen molar-refractivity contribution >= 4 is 9.84 Å². The Hall–Kier alpha value is -1.86. The summed E-state index contributed by atoms with van der Waals surface area (Å²) in [5.41, 5.74) is -0.602. The van der Waals surface area contributed by atoms with Crippen molar-refractivity contribution in [2.45, 2.75) is 11.0 Å². The molecule has 7 heteroatoms. The van der Waals surface area contributed by atoms with Gasteiger partial charge in [0.05, 0.1) is 10.5 Å². The van der Waals surface area contributed by atoms with Crippen molar-refractivity contribution in [3.05, 3.63) is 65.0 Å². The van der Waals surface area contributed by atoms with Crippen molar-refractivity contribution in [2.75, 3.05) is 6.26 Å². The highest BCUT2D eigenvalue weighted by molar-refractivity contribution is 7.90. The van der Waals surface area contributed by atoms with Crippen LogP contribution in [0.3, 0.4) is 0 Å². The van der Waals surface area contributed by atoms with E-state index in [4.69, 9.17) is 0 Å². The molecule has 3 nitrogen and oxygen atoms in total. The normalized spacial score (nSPS) is 13.2. The van der Waals surface area contributed by atoms with E-state index in [-0.39, 0.29) is 10.5 Å². The number of hydrogen-bond donors (Lipinski definition) is 1. The Morgan fingerprint density at radius 2 is 1.48 bits per heavy atom. The minimum absolute atomic E-state index is 0.0125. The maximum atomic E-state index is 13.6. The summed E-state index contributed by atoms with van der Waals surface area (Å²) in [5, 5.41) is 9.99. The van der Waals surface area contributed by atoms with Crippen molar-refractivity contribution in [3.8, 4) is 0 Å². The van der Waals surface area contributed by atoms with Crippen LogP contribution in [0.1, 0.15) is 17.2 Å². The van der Waals surface area contributed by atoms with Crippen molar-refractivity contribution in [3.63, 3.8) is 0 Å². The zero-order valence-corrected chi connectivity index (χ0v) is 11.7. The van der Waals surface area contributed by atoms with E-state index in [0.29, 0.717) is 12.1 Å². The minimum atomic E-state index is -3.41. The highest BCUT2D eigenvalue weighted by Crippen LogP contribution is 2.28. The zero-order valence-electron chi connectivity index (χ0n) is 10.8. The average Bonchev–Trinajstić information content (AvgIpc) is 2.36. The van der Waals surface area contributed by atoms with Crippen LogP contribution in [0.2, 0.25) is 0 Å². The van der Waals surface area contributed by atoms with Gasteiger partial charge < -0.3 is 5.11 Å². The number of sulfone groups is 1. The van der Waals surface area contributed by atoms with Gasteiger partial charge in [-0.15, -0.1) is 0 Å². The van der Waals surface area contributed by atoms with Gasteiger partial charge in [0.25, 0.3) is 0 Å². The zero-order chi connectivity index (χ0) is 15.8. The molecule has 0 fully saturated rings. The Labute approximate surface area is 119 Å². The third kappa shape index (κ3) is 3.25. The molecule has 2 aromatic carbocycles. The Morgan fingerprint density at radius 1 is 1.00 bits per heavy atom. The molecule has 0 aliphatic heterocycles. The SMILES string of the molecule is CS(=O)(=O)c1ccc(C(O)c2c(F)cc(F)cc2F)cc1. The quantitative estimate of drug-likeness (QED) is 0.947. The Bertz CT molecular complexity index is 748. The molecule has 0 heterocycles. The minimum Gasteiger partial charge on any atom is -0.383 e. The second kappa shape index (κ2) is 5.50. The van der Waals surface area contributed by atoms with E-state index in [0.717, 1.165) is 6.26 Å². The maximum Gasteiger partial charge on any atom is 0.175 e. The van der Waals surface area contributed by atoms with E-state index in [1.807, 2.05) is 0 Å². The summed E-state index contributed by atoms with van der Waals surface area (Å²) < 4.78 is 62.6. The molecular weight excluding hydrogens is 305 g/mol. The van der Waals surface area contributed by atoms with E-state index in [2.05, 4.69) is 0 Å². The molecule has 21 heavy (non-hydrogen) atoms. The van der Waals surface area contributed by atoms with E-state index in [1.165, 1.54) is 24.3 Å². The summed E-state index contributed by atoms with van der Waals surface area (Å²) >= 11 is 0. The standard InChI is InChI=1S/C14H11F3O3S/c1-21(19,20)10-4-2-8(3-5-10)14(18)13-11(16)6-9(15)7-12(13)17/h2-7,14,18H,1H3. The molecule has 1 N–H and O–H groups in total. The lowest BCUT2D eigenvalue weighted by Gasteiger charge is -2.14. The van der Waals surface area contributed by atoms with Crippen molar-refractivity contribution in [1.29, 1.82) is 0 Å². The van der Waals surface area contributed by atoms with E-state index >= 15 is 0 Å². The lowest BCUT2D eigenvalue weighted by atomic mass is 10.0. The highest BCUT2D eigenvalue weighted by atomic mass is 32.2. The molecule has 0 spiro atoms. The van der Waals surface area contributed by atoms with Crippen LogP contribution in [0.15, 0.2) is 41.3 Å². The third-order valence-electron chi connectivity index (χ3n) is 2.94. The fourth-order valence-corrected chi connectivity index (χ4v) is 2.51. The molecule has 1 unspecified atom stereocenters. The summed E-state index contributed by atoms with van der Waals surface area (Å²) in [7, 11) is -3.41. The first-order valence-corrected chi connectivity index (χ1v) is 7.72. The number of aliphatic hydroxyl groups is 1. The molecule has 112 valence electrons. The topological polar surface area (TPSA) is 54.4 Å². The Kier molecular flexibility index (Phi) is 4.06. The predicted octanol–water partition coefficient (Wildman–Crippen LogP) is 2.59. The van der Waals surface area contributed by atoms with Gasteiger partial charge in [0.15, 0.2) is 9.84 Å². The lowest BCUT2D eigenvalue weighted by Crippen LogP contribution is -2.07. The summed E-state index contributed by atoms with van der Waals surface area (Å²) in [5.74, 6) is -3.52. The second-order valence-electron chi connectivity index (χ2n) is 4.53. The van der Waals surface area contributed by atoms with Crippen molar-refractivity contribution in [2.24, 2.45) is 0 Å². The van der Waals surface area contributed by atoms with Gasteiger partial charge in [-0.25, -0.2) is 21.6 Å². The lowest BCUT2D eigenvalue weighted by molar-refractivity contribution is 0.208. The summed E-state index contributed by atoms with van der Waals surface area (Å²) in [4.78, 5) is 0.0125. The van der Waals surface area contributed by atoms with E-state index < -0.39 is 39.0 Å². The van der Waals surface area contributed by atoms with Gasteiger partial charge in [-0.1, -0.05) is 12.1 Å². The highest BCUT2D eigenvalue weighted by Gasteiger charge is 2.21. The van der Waals surface area contributed by atoms with Crippen LogP contribution >= 0.6 is 0 Å². The van der Waals surface area contributed by atoms with Crippen LogP contribution in [-0.4, -0.2) is 19.8 Å². The fourth-order valence-electron chi connectivity index (χ4n) is 1.88. The first kappa shape index (κ1) is 15.5. The fraction of sp³-hybridized carbons (Fsp3) is 0.143. The van der Waals surface area contributed by atoms with Gasteiger partial charge in [0.2, 0.25) is 0 Å². The molecule has 0 radical (unpaired) electrons. The number of rotatable bonds is 3. The van der Waals surface area contributed by atoms with Gasteiger partial charge in [0, 0.05) is 18.4 Å². The van der Waals surface area contributed by atoms with Gasteiger partial charge >= 0.3 is 0 Å². The molecule has 2 aromatic rings. The molecule has 0 amide bonds. The van der Waals surface area contributed by atoms with Gasteiger partial charge in [-0.05, 0) is 17.7 Å². The van der Waals surface area contributed by atoms with Gasteiger partial charge in [-0.3, -0.25) is 0 Å². The maximum absolute atomic E-state index is 13.6. The summed E-state index contributed by atoms with van der Waals surface area (Å²) in [6, 6.07) is 5.84.